The quantitative estimate of drug-likeness (QED) is 0.670. The number of anilines is 1. The zero-order valence-corrected chi connectivity index (χ0v) is 13.6. The molecule has 0 saturated carbocycles. The van der Waals surface area contributed by atoms with Crippen LogP contribution < -0.4 is 10.6 Å². The van der Waals surface area contributed by atoms with Gasteiger partial charge in [0.2, 0.25) is 0 Å². The number of aromatic amines is 1. The second kappa shape index (κ2) is 6.98. The standard InChI is InChI=1S/C18H22N6/c1-2-6-16-15(5-1)22-18(23-16)14-4-3-7-20-17(14)21-10-13-24-11-8-19-9-12-24/h1-7,19H,8-13H2,(H,20,21)(H,22,23). The predicted molar refractivity (Wildman–Crippen MR) is 97.1 cm³/mol. The molecule has 3 N–H and O–H groups in total. The molecule has 1 fully saturated rings. The summed E-state index contributed by atoms with van der Waals surface area (Å²) in [5, 5.41) is 6.85. The highest BCUT2D eigenvalue weighted by Crippen LogP contribution is 2.25. The minimum absolute atomic E-state index is 0.856. The molecule has 0 atom stereocenters. The summed E-state index contributed by atoms with van der Waals surface area (Å²) in [6.45, 7) is 6.28. The van der Waals surface area contributed by atoms with Crippen molar-refractivity contribution in [1.29, 1.82) is 0 Å². The van der Waals surface area contributed by atoms with Gasteiger partial charge in [0.05, 0.1) is 16.6 Å². The second-order valence-corrected chi connectivity index (χ2v) is 6.02. The van der Waals surface area contributed by atoms with E-state index in [1.54, 1.807) is 0 Å². The Bertz CT molecular complexity index is 773. The minimum atomic E-state index is 0.856. The van der Waals surface area contributed by atoms with E-state index in [9.17, 15) is 0 Å². The van der Waals surface area contributed by atoms with Crippen LogP contribution in [0.2, 0.25) is 0 Å². The van der Waals surface area contributed by atoms with Gasteiger partial charge in [-0.15, -0.1) is 0 Å². The van der Waals surface area contributed by atoms with Crippen LogP contribution in [-0.2, 0) is 0 Å². The molecule has 0 radical (unpaired) electrons. The van der Waals surface area contributed by atoms with Crippen LogP contribution in [0.15, 0.2) is 42.6 Å². The molecule has 0 spiro atoms. The molecule has 124 valence electrons. The molecule has 6 heteroatoms. The number of fused-ring (bicyclic) bond motifs is 1. The van der Waals surface area contributed by atoms with Crippen LogP contribution in [0.3, 0.4) is 0 Å². The van der Waals surface area contributed by atoms with Gasteiger partial charge in [-0.05, 0) is 24.3 Å². The Balaban J connectivity index is 1.49. The predicted octanol–water partition coefficient (Wildman–Crippen LogP) is 1.94. The van der Waals surface area contributed by atoms with Gasteiger partial charge in [0.15, 0.2) is 0 Å². The fourth-order valence-electron chi connectivity index (χ4n) is 3.08. The SMILES string of the molecule is c1cnc(NCCN2CCNCC2)c(-c2nc3ccccc3[nH]2)c1. The van der Waals surface area contributed by atoms with Gasteiger partial charge in [-0.2, -0.15) is 0 Å². The van der Waals surface area contributed by atoms with Crippen LogP contribution in [0, 0.1) is 0 Å². The molecule has 1 saturated heterocycles. The van der Waals surface area contributed by atoms with Crippen molar-refractivity contribution in [3.8, 4) is 11.4 Å². The van der Waals surface area contributed by atoms with Crippen LogP contribution in [0.4, 0.5) is 5.82 Å². The molecule has 3 heterocycles. The molecule has 0 amide bonds. The Kier molecular flexibility index (Phi) is 4.40. The zero-order chi connectivity index (χ0) is 16.2. The van der Waals surface area contributed by atoms with E-state index < -0.39 is 0 Å². The molecule has 3 aromatic rings. The molecular weight excluding hydrogens is 300 g/mol. The van der Waals surface area contributed by atoms with Crippen molar-refractivity contribution in [3.63, 3.8) is 0 Å². The van der Waals surface area contributed by atoms with Crippen molar-refractivity contribution in [1.82, 2.24) is 25.2 Å². The lowest BCUT2D eigenvalue weighted by Gasteiger charge is -2.27. The number of aromatic nitrogens is 3. The monoisotopic (exact) mass is 322 g/mol. The molecule has 6 nitrogen and oxygen atoms in total. The van der Waals surface area contributed by atoms with E-state index in [0.29, 0.717) is 0 Å². The first kappa shape index (κ1) is 15.1. The van der Waals surface area contributed by atoms with Gasteiger partial charge in [-0.3, -0.25) is 4.90 Å². The van der Waals surface area contributed by atoms with E-state index in [1.807, 2.05) is 36.5 Å². The summed E-state index contributed by atoms with van der Waals surface area (Å²) in [5.74, 6) is 1.74. The van der Waals surface area contributed by atoms with E-state index in [1.165, 1.54) is 0 Å². The van der Waals surface area contributed by atoms with Crippen LogP contribution in [0.25, 0.3) is 22.4 Å². The van der Waals surface area contributed by atoms with Gasteiger partial charge in [0.1, 0.15) is 11.6 Å². The van der Waals surface area contributed by atoms with Crippen LogP contribution in [0.5, 0.6) is 0 Å². The summed E-state index contributed by atoms with van der Waals surface area (Å²) in [6.07, 6.45) is 1.82. The zero-order valence-electron chi connectivity index (χ0n) is 13.6. The van der Waals surface area contributed by atoms with Crippen molar-refractivity contribution < 1.29 is 0 Å². The van der Waals surface area contributed by atoms with Crippen LogP contribution >= 0.6 is 0 Å². The largest absolute Gasteiger partial charge is 0.368 e. The van der Waals surface area contributed by atoms with Crippen molar-refractivity contribution in [2.45, 2.75) is 0 Å². The van der Waals surface area contributed by atoms with Gasteiger partial charge >= 0.3 is 0 Å². The number of hydrogen-bond donors (Lipinski definition) is 3. The number of benzene rings is 1. The maximum Gasteiger partial charge on any atom is 0.142 e. The topological polar surface area (TPSA) is 68.9 Å². The summed E-state index contributed by atoms with van der Waals surface area (Å²) in [7, 11) is 0. The number of nitrogens with one attached hydrogen (secondary N) is 3. The number of nitrogens with zero attached hydrogens (tertiary/aromatic N) is 3. The van der Waals surface area contributed by atoms with E-state index in [4.69, 9.17) is 0 Å². The van der Waals surface area contributed by atoms with Crippen LogP contribution in [-0.4, -0.2) is 59.1 Å². The highest BCUT2D eigenvalue weighted by molar-refractivity contribution is 5.81. The first-order valence-electron chi connectivity index (χ1n) is 8.47. The summed E-state index contributed by atoms with van der Waals surface area (Å²) in [6, 6.07) is 12.1. The molecule has 0 bridgehead atoms. The number of hydrogen-bond acceptors (Lipinski definition) is 5. The molecule has 4 rings (SSSR count). The fourth-order valence-corrected chi connectivity index (χ4v) is 3.08. The summed E-state index contributed by atoms with van der Waals surface area (Å²) < 4.78 is 0. The first-order chi connectivity index (χ1) is 11.9. The molecule has 1 aliphatic rings. The van der Waals surface area contributed by atoms with Gasteiger partial charge in [0.25, 0.3) is 0 Å². The highest BCUT2D eigenvalue weighted by atomic mass is 15.2. The Morgan fingerprint density at radius 3 is 2.83 bits per heavy atom. The third kappa shape index (κ3) is 3.25. The number of pyridine rings is 1. The maximum atomic E-state index is 4.69. The maximum absolute atomic E-state index is 4.69. The van der Waals surface area contributed by atoms with Gasteiger partial charge in [-0.1, -0.05) is 12.1 Å². The average molecular weight is 322 g/mol. The summed E-state index contributed by atoms with van der Waals surface area (Å²) in [4.78, 5) is 15.0. The van der Waals surface area contributed by atoms with Crippen molar-refractivity contribution >= 4 is 16.9 Å². The third-order valence-corrected chi connectivity index (χ3v) is 4.38. The number of rotatable bonds is 5. The third-order valence-electron chi connectivity index (χ3n) is 4.38. The lowest BCUT2D eigenvalue weighted by molar-refractivity contribution is 0.249. The summed E-state index contributed by atoms with van der Waals surface area (Å²) in [5.41, 5.74) is 3.03. The smallest absolute Gasteiger partial charge is 0.142 e. The normalized spacial score (nSPS) is 15.7. The minimum Gasteiger partial charge on any atom is -0.368 e. The average Bonchev–Trinajstić information content (AvgIpc) is 3.07. The lowest BCUT2D eigenvalue weighted by Crippen LogP contribution is -2.45. The Labute approximate surface area is 141 Å². The van der Waals surface area contributed by atoms with E-state index in [0.717, 1.165) is 67.5 Å². The van der Waals surface area contributed by atoms with Crippen molar-refractivity contribution in [2.75, 3.05) is 44.6 Å². The number of imidazole rings is 1. The number of H-pyrrole nitrogens is 1. The van der Waals surface area contributed by atoms with Gasteiger partial charge in [0, 0.05) is 45.5 Å². The second-order valence-electron chi connectivity index (χ2n) is 6.02. The first-order valence-corrected chi connectivity index (χ1v) is 8.47. The van der Waals surface area contributed by atoms with Crippen LogP contribution in [0.1, 0.15) is 0 Å². The molecule has 0 unspecified atom stereocenters. The molecule has 0 aliphatic carbocycles. The van der Waals surface area contributed by atoms with E-state index in [2.05, 4.69) is 36.6 Å². The Morgan fingerprint density at radius 2 is 1.96 bits per heavy atom. The van der Waals surface area contributed by atoms with Gasteiger partial charge < -0.3 is 15.6 Å². The fraction of sp³-hybridized carbons (Fsp3) is 0.333. The molecule has 24 heavy (non-hydrogen) atoms. The summed E-state index contributed by atoms with van der Waals surface area (Å²) >= 11 is 0. The van der Waals surface area contributed by atoms with E-state index >= 15 is 0 Å². The van der Waals surface area contributed by atoms with Gasteiger partial charge in [-0.25, -0.2) is 9.97 Å². The lowest BCUT2D eigenvalue weighted by atomic mass is 10.2. The van der Waals surface area contributed by atoms with Crippen molar-refractivity contribution in [3.05, 3.63) is 42.6 Å². The molecular formula is C18H22N6. The Hall–Kier alpha value is -2.44. The molecule has 2 aromatic heterocycles. The number of para-hydroxylation sites is 2. The highest BCUT2D eigenvalue weighted by Gasteiger charge is 2.12. The Morgan fingerprint density at radius 1 is 1.08 bits per heavy atom. The molecule has 1 aromatic carbocycles. The van der Waals surface area contributed by atoms with Crippen molar-refractivity contribution in [2.24, 2.45) is 0 Å². The van der Waals surface area contributed by atoms with E-state index in [-0.39, 0.29) is 0 Å². The number of piperazine rings is 1. The molecule has 1 aliphatic heterocycles.